The third-order valence-electron chi connectivity index (χ3n) is 5.58. The highest BCUT2D eigenvalue weighted by Crippen LogP contribution is 2.27. The van der Waals surface area contributed by atoms with Crippen LogP contribution in [0.2, 0.25) is 0 Å². The number of methoxy groups -OCH3 is 1. The topological polar surface area (TPSA) is 111 Å². The second kappa shape index (κ2) is 10.1. The van der Waals surface area contributed by atoms with E-state index in [9.17, 15) is 18.0 Å². The SMILES string of the molecule is CCn1c(=O)n(CCC(=O)Nc2cccc(S(=O)(=O)Nc3ccccc3OC)c2)c2ccccc21. The Morgan fingerprint density at radius 1 is 0.943 bits per heavy atom. The first kappa shape index (κ1) is 24.1. The van der Waals surface area contributed by atoms with Crippen molar-refractivity contribution < 1.29 is 17.9 Å². The number of aromatic nitrogens is 2. The number of sulfonamides is 1. The van der Waals surface area contributed by atoms with Gasteiger partial charge >= 0.3 is 5.69 Å². The van der Waals surface area contributed by atoms with Crippen LogP contribution >= 0.6 is 0 Å². The molecule has 35 heavy (non-hydrogen) atoms. The third-order valence-corrected chi connectivity index (χ3v) is 6.95. The van der Waals surface area contributed by atoms with Crippen LogP contribution in [0.4, 0.5) is 11.4 Å². The highest BCUT2D eigenvalue weighted by molar-refractivity contribution is 7.92. The number of nitrogens with one attached hydrogen (secondary N) is 2. The quantitative estimate of drug-likeness (QED) is 0.369. The van der Waals surface area contributed by atoms with E-state index in [4.69, 9.17) is 4.74 Å². The number of fused-ring (bicyclic) bond motifs is 1. The van der Waals surface area contributed by atoms with E-state index in [0.717, 1.165) is 11.0 Å². The number of aryl methyl sites for hydroxylation is 2. The number of amides is 1. The summed E-state index contributed by atoms with van der Waals surface area (Å²) in [5, 5.41) is 2.72. The summed E-state index contributed by atoms with van der Waals surface area (Å²) in [5.74, 6) is 0.0534. The lowest BCUT2D eigenvalue weighted by molar-refractivity contribution is -0.116. The third kappa shape index (κ3) is 5.07. The second-order valence-corrected chi connectivity index (χ2v) is 9.48. The van der Waals surface area contributed by atoms with Gasteiger partial charge in [0.2, 0.25) is 5.91 Å². The van der Waals surface area contributed by atoms with Crippen LogP contribution in [0.25, 0.3) is 11.0 Å². The Bertz CT molecular complexity index is 1540. The summed E-state index contributed by atoms with van der Waals surface area (Å²) in [4.78, 5) is 25.4. The Kier molecular flexibility index (Phi) is 6.92. The molecule has 182 valence electrons. The van der Waals surface area contributed by atoms with Crippen LogP contribution < -0.4 is 20.5 Å². The van der Waals surface area contributed by atoms with Crippen LogP contribution in [0.15, 0.2) is 82.5 Å². The number of carbonyl (C=O) groups is 1. The lowest BCUT2D eigenvalue weighted by atomic mass is 10.3. The minimum absolute atomic E-state index is 0.0107. The predicted molar refractivity (Wildman–Crippen MR) is 135 cm³/mol. The number of imidazole rings is 1. The Morgan fingerprint density at radius 2 is 1.63 bits per heavy atom. The van der Waals surface area contributed by atoms with E-state index in [-0.39, 0.29) is 29.5 Å². The Morgan fingerprint density at radius 3 is 2.34 bits per heavy atom. The van der Waals surface area contributed by atoms with Gasteiger partial charge in [0.1, 0.15) is 5.75 Å². The molecule has 0 saturated heterocycles. The van der Waals surface area contributed by atoms with Crippen molar-refractivity contribution in [3.05, 3.63) is 83.3 Å². The molecule has 2 N–H and O–H groups in total. The van der Waals surface area contributed by atoms with Crippen molar-refractivity contribution in [3.8, 4) is 5.75 Å². The number of carbonyl (C=O) groups excluding carboxylic acids is 1. The summed E-state index contributed by atoms with van der Waals surface area (Å²) in [6.07, 6.45) is 0.0497. The number of rotatable bonds is 9. The molecule has 9 nitrogen and oxygen atoms in total. The largest absolute Gasteiger partial charge is 0.495 e. The normalized spacial score (nSPS) is 11.4. The fraction of sp³-hybridized carbons (Fsp3) is 0.200. The zero-order valence-corrected chi connectivity index (χ0v) is 20.2. The number of para-hydroxylation sites is 4. The first-order valence-electron chi connectivity index (χ1n) is 11.1. The maximum absolute atomic E-state index is 12.9. The van der Waals surface area contributed by atoms with E-state index in [1.807, 2.05) is 31.2 Å². The van der Waals surface area contributed by atoms with E-state index in [2.05, 4.69) is 10.0 Å². The van der Waals surface area contributed by atoms with Crippen LogP contribution in [0.3, 0.4) is 0 Å². The van der Waals surface area contributed by atoms with Crippen LogP contribution in [0, 0.1) is 0 Å². The van der Waals surface area contributed by atoms with Crippen molar-refractivity contribution in [1.82, 2.24) is 9.13 Å². The average Bonchev–Trinajstić information content (AvgIpc) is 3.13. The summed E-state index contributed by atoms with van der Waals surface area (Å²) in [6.45, 7) is 2.63. The molecule has 4 aromatic rings. The number of hydrogen-bond acceptors (Lipinski definition) is 5. The lowest BCUT2D eigenvalue weighted by Gasteiger charge is -2.12. The van der Waals surface area contributed by atoms with Crippen molar-refractivity contribution in [2.45, 2.75) is 31.3 Å². The van der Waals surface area contributed by atoms with E-state index < -0.39 is 10.0 Å². The summed E-state index contributed by atoms with van der Waals surface area (Å²) < 4.78 is 36.7. The molecule has 0 aliphatic rings. The average molecular weight is 495 g/mol. The number of ether oxygens (including phenoxy) is 1. The second-order valence-electron chi connectivity index (χ2n) is 7.80. The van der Waals surface area contributed by atoms with Gasteiger partial charge in [-0.15, -0.1) is 0 Å². The molecular formula is C25H26N4O5S. The van der Waals surface area contributed by atoms with Gasteiger partial charge in [-0.1, -0.05) is 30.3 Å². The molecule has 0 aliphatic carbocycles. The molecule has 0 atom stereocenters. The van der Waals surface area contributed by atoms with Crippen LogP contribution in [0.5, 0.6) is 5.75 Å². The number of benzene rings is 3. The molecule has 0 fully saturated rings. The van der Waals surface area contributed by atoms with Gasteiger partial charge in [-0.3, -0.25) is 18.7 Å². The highest BCUT2D eigenvalue weighted by Gasteiger charge is 2.18. The highest BCUT2D eigenvalue weighted by atomic mass is 32.2. The molecule has 1 aromatic heterocycles. The first-order chi connectivity index (χ1) is 16.8. The molecule has 10 heteroatoms. The van der Waals surface area contributed by atoms with Crippen LogP contribution in [-0.4, -0.2) is 30.6 Å². The number of hydrogen-bond donors (Lipinski definition) is 2. The molecule has 1 heterocycles. The molecule has 0 unspecified atom stereocenters. The van der Waals surface area contributed by atoms with E-state index >= 15 is 0 Å². The molecule has 3 aromatic carbocycles. The summed E-state index contributed by atoms with van der Waals surface area (Å²) in [5.41, 5.74) is 2.06. The zero-order valence-electron chi connectivity index (χ0n) is 19.4. The molecule has 0 saturated carbocycles. The number of anilines is 2. The van der Waals surface area contributed by atoms with Gasteiger partial charge in [0.15, 0.2) is 0 Å². The standard InChI is InChI=1S/C25H26N4O5S/c1-3-28-21-12-5-6-13-22(21)29(25(28)31)16-15-24(30)26-18-9-8-10-19(17-18)35(32,33)27-20-11-4-7-14-23(20)34-2/h4-14,17,27H,3,15-16H2,1-2H3,(H,26,30). The summed E-state index contributed by atoms with van der Waals surface area (Å²) in [7, 11) is -2.46. The van der Waals surface area contributed by atoms with E-state index in [0.29, 0.717) is 23.7 Å². The minimum Gasteiger partial charge on any atom is -0.495 e. The minimum atomic E-state index is -3.92. The van der Waals surface area contributed by atoms with Crippen LogP contribution in [0.1, 0.15) is 13.3 Å². The monoisotopic (exact) mass is 494 g/mol. The van der Waals surface area contributed by atoms with Gasteiger partial charge in [0.05, 0.1) is 28.7 Å². The van der Waals surface area contributed by atoms with Crippen molar-refractivity contribution in [3.63, 3.8) is 0 Å². The van der Waals surface area contributed by atoms with Crippen molar-refractivity contribution in [2.75, 3.05) is 17.1 Å². The molecule has 1 amide bonds. The molecule has 0 radical (unpaired) electrons. The Hall–Kier alpha value is -4.05. The van der Waals surface area contributed by atoms with E-state index in [1.54, 1.807) is 45.5 Å². The molecular weight excluding hydrogens is 468 g/mol. The van der Waals surface area contributed by atoms with Crippen molar-refractivity contribution >= 4 is 38.3 Å². The molecule has 4 rings (SSSR count). The van der Waals surface area contributed by atoms with Gasteiger partial charge in [-0.05, 0) is 49.4 Å². The fourth-order valence-corrected chi connectivity index (χ4v) is 5.02. The maximum Gasteiger partial charge on any atom is 0.329 e. The number of nitrogens with zero attached hydrogens (tertiary/aromatic N) is 2. The zero-order chi connectivity index (χ0) is 25.0. The molecule has 0 spiro atoms. The van der Waals surface area contributed by atoms with Gasteiger partial charge < -0.3 is 10.1 Å². The fourth-order valence-electron chi connectivity index (χ4n) is 3.90. The Labute approximate surface area is 203 Å². The van der Waals surface area contributed by atoms with Gasteiger partial charge in [0.25, 0.3) is 10.0 Å². The molecule has 0 bridgehead atoms. The first-order valence-corrected chi connectivity index (χ1v) is 12.6. The van der Waals surface area contributed by atoms with E-state index in [1.165, 1.54) is 19.2 Å². The smallest absolute Gasteiger partial charge is 0.329 e. The molecule has 0 aliphatic heterocycles. The summed E-state index contributed by atoms with van der Waals surface area (Å²) >= 11 is 0. The summed E-state index contributed by atoms with van der Waals surface area (Å²) in [6, 6.07) is 20.1. The van der Waals surface area contributed by atoms with Gasteiger partial charge in [-0.2, -0.15) is 0 Å². The van der Waals surface area contributed by atoms with Gasteiger partial charge in [-0.25, -0.2) is 13.2 Å². The van der Waals surface area contributed by atoms with Gasteiger partial charge in [0, 0.05) is 25.2 Å². The maximum atomic E-state index is 12.9. The van der Waals surface area contributed by atoms with Crippen molar-refractivity contribution in [1.29, 1.82) is 0 Å². The predicted octanol–water partition coefficient (Wildman–Crippen LogP) is 3.66. The Balaban J connectivity index is 1.47. The lowest BCUT2D eigenvalue weighted by Crippen LogP contribution is -2.25. The van der Waals surface area contributed by atoms with Crippen LogP contribution in [-0.2, 0) is 27.9 Å². The van der Waals surface area contributed by atoms with Crippen molar-refractivity contribution in [2.24, 2.45) is 0 Å².